The molecular formula is C15H27IN4S2. The maximum absolute atomic E-state index is 4.69. The highest BCUT2D eigenvalue weighted by atomic mass is 127. The van der Waals surface area contributed by atoms with Crippen LogP contribution in [0.5, 0.6) is 0 Å². The highest BCUT2D eigenvalue weighted by Crippen LogP contribution is 2.20. The van der Waals surface area contributed by atoms with Crippen molar-refractivity contribution in [3.05, 3.63) is 24.2 Å². The first-order chi connectivity index (χ1) is 10.3. The molecule has 0 unspecified atom stereocenters. The quantitative estimate of drug-likeness (QED) is 0.144. The largest absolute Gasteiger partial charge is 0.357 e. The molecule has 1 aromatic rings. The average Bonchev–Trinajstić information content (AvgIpc) is 2.99. The molecule has 0 aliphatic carbocycles. The number of allylic oxidation sites excluding steroid dienone is 1. The van der Waals surface area contributed by atoms with Crippen LogP contribution < -0.4 is 5.32 Å². The zero-order chi connectivity index (χ0) is 15.3. The molecule has 0 aliphatic heterocycles. The SMILES string of the molecule is C=CCCCN(C)C(=NCCCSc1nccs1)NCC.I. The van der Waals surface area contributed by atoms with Gasteiger partial charge in [-0.1, -0.05) is 17.8 Å². The van der Waals surface area contributed by atoms with E-state index in [-0.39, 0.29) is 24.0 Å². The molecule has 1 rings (SSSR count). The second-order valence-electron chi connectivity index (χ2n) is 4.59. The normalized spacial score (nSPS) is 10.9. The Bertz CT molecular complexity index is 410. The van der Waals surface area contributed by atoms with E-state index in [9.17, 15) is 0 Å². The molecule has 0 spiro atoms. The number of aliphatic imine (C=N–C) groups is 1. The van der Waals surface area contributed by atoms with Gasteiger partial charge in [-0.3, -0.25) is 4.99 Å². The van der Waals surface area contributed by atoms with Crippen LogP contribution in [0.3, 0.4) is 0 Å². The van der Waals surface area contributed by atoms with Gasteiger partial charge in [0, 0.05) is 44.0 Å². The van der Waals surface area contributed by atoms with E-state index in [0.717, 1.165) is 54.9 Å². The lowest BCUT2D eigenvalue weighted by Crippen LogP contribution is -2.39. The van der Waals surface area contributed by atoms with Gasteiger partial charge in [0.1, 0.15) is 4.34 Å². The molecule has 0 saturated heterocycles. The second-order valence-corrected chi connectivity index (χ2v) is 6.82. The molecule has 0 aliphatic rings. The van der Waals surface area contributed by atoms with Crippen LogP contribution in [-0.2, 0) is 0 Å². The van der Waals surface area contributed by atoms with Crippen LogP contribution in [-0.4, -0.2) is 48.3 Å². The van der Waals surface area contributed by atoms with Gasteiger partial charge in [0.05, 0.1) is 0 Å². The van der Waals surface area contributed by atoms with E-state index in [2.05, 4.69) is 40.7 Å². The Morgan fingerprint density at radius 2 is 2.36 bits per heavy atom. The molecule has 22 heavy (non-hydrogen) atoms. The monoisotopic (exact) mass is 454 g/mol. The van der Waals surface area contributed by atoms with E-state index in [4.69, 9.17) is 0 Å². The zero-order valence-electron chi connectivity index (χ0n) is 13.5. The molecule has 0 amide bonds. The first-order valence-electron chi connectivity index (χ1n) is 7.40. The standard InChI is InChI=1S/C15H26N4S2.HI/c1-4-6-7-11-19(3)14(16-5-2)17-9-8-12-20-15-18-10-13-21-15;/h4,10,13H,1,5-9,11-12H2,2-3H3,(H,16,17);1H. The van der Waals surface area contributed by atoms with Crippen molar-refractivity contribution >= 4 is 53.0 Å². The van der Waals surface area contributed by atoms with Gasteiger partial charge in [-0.2, -0.15) is 0 Å². The van der Waals surface area contributed by atoms with Crippen LogP contribution in [0.4, 0.5) is 0 Å². The van der Waals surface area contributed by atoms with Gasteiger partial charge in [-0.15, -0.1) is 41.9 Å². The molecule has 4 nitrogen and oxygen atoms in total. The third kappa shape index (κ3) is 9.68. The topological polar surface area (TPSA) is 40.5 Å². The number of rotatable bonds is 10. The summed E-state index contributed by atoms with van der Waals surface area (Å²) in [6, 6.07) is 0. The minimum atomic E-state index is 0. The number of thiazole rings is 1. The lowest BCUT2D eigenvalue weighted by Gasteiger charge is -2.21. The molecule has 1 aromatic heterocycles. The Morgan fingerprint density at radius 1 is 1.55 bits per heavy atom. The molecule has 0 aromatic carbocycles. The highest BCUT2D eigenvalue weighted by Gasteiger charge is 2.04. The third-order valence-electron chi connectivity index (χ3n) is 2.80. The fourth-order valence-corrected chi connectivity index (χ4v) is 3.37. The maximum Gasteiger partial charge on any atom is 0.193 e. The number of thioether (sulfide) groups is 1. The van der Waals surface area contributed by atoms with Crippen LogP contribution in [0.15, 0.2) is 33.6 Å². The van der Waals surface area contributed by atoms with Crippen LogP contribution >= 0.6 is 47.1 Å². The summed E-state index contributed by atoms with van der Waals surface area (Å²) >= 11 is 3.51. The van der Waals surface area contributed by atoms with E-state index in [1.54, 1.807) is 11.3 Å². The average molecular weight is 454 g/mol. The first-order valence-corrected chi connectivity index (χ1v) is 9.27. The molecule has 0 saturated carbocycles. The van der Waals surface area contributed by atoms with Gasteiger partial charge < -0.3 is 10.2 Å². The number of nitrogens with one attached hydrogen (secondary N) is 1. The van der Waals surface area contributed by atoms with E-state index in [0.29, 0.717) is 0 Å². The molecule has 7 heteroatoms. The van der Waals surface area contributed by atoms with Crippen molar-refractivity contribution in [2.45, 2.75) is 30.5 Å². The van der Waals surface area contributed by atoms with E-state index in [1.807, 2.05) is 29.4 Å². The summed E-state index contributed by atoms with van der Waals surface area (Å²) in [7, 11) is 2.09. The minimum Gasteiger partial charge on any atom is -0.357 e. The predicted molar refractivity (Wildman–Crippen MR) is 111 cm³/mol. The van der Waals surface area contributed by atoms with Gasteiger partial charge in [0.25, 0.3) is 0 Å². The van der Waals surface area contributed by atoms with Crippen LogP contribution in [0.25, 0.3) is 0 Å². The second kappa shape index (κ2) is 14.3. The van der Waals surface area contributed by atoms with E-state index in [1.165, 1.54) is 0 Å². The van der Waals surface area contributed by atoms with Crippen molar-refractivity contribution in [3.8, 4) is 0 Å². The Hall–Kier alpha value is -0.280. The van der Waals surface area contributed by atoms with Gasteiger partial charge in [-0.05, 0) is 26.2 Å². The predicted octanol–water partition coefficient (Wildman–Crippen LogP) is 4.11. The lowest BCUT2D eigenvalue weighted by atomic mass is 10.3. The highest BCUT2D eigenvalue weighted by molar-refractivity contribution is 14.0. The molecule has 1 N–H and O–H groups in total. The summed E-state index contributed by atoms with van der Waals surface area (Å²) in [5.74, 6) is 2.07. The van der Waals surface area contributed by atoms with Gasteiger partial charge >= 0.3 is 0 Å². The molecule has 0 radical (unpaired) electrons. The summed E-state index contributed by atoms with van der Waals surface area (Å²) in [5, 5.41) is 5.36. The van der Waals surface area contributed by atoms with Crippen LogP contribution in [0.2, 0.25) is 0 Å². The van der Waals surface area contributed by atoms with E-state index < -0.39 is 0 Å². The lowest BCUT2D eigenvalue weighted by molar-refractivity contribution is 0.470. The number of hydrogen-bond donors (Lipinski definition) is 1. The molecule has 0 fully saturated rings. The number of guanidine groups is 1. The summed E-state index contributed by atoms with van der Waals surface area (Å²) in [6.07, 6.45) is 7.05. The summed E-state index contributed by atoms with van der Waals surface area (Å²) in [5.41, 5.74) is 0. The maximum atomic E-state index is 4.69. The zero-order valence-corrected chi connectivity index (χ0v) is 17.4. The Kier molecular flexibility index (Phi) is 14.1. The molecular weight excluding hydrogens is 427 g/mol. The minimum absolute atomic E-state index is 0. The molecule has 126 valence electrons. The molecule has 0 atom stereocenters. The summed E-state index contributed by atoms with van der Waals surface area (Å²) in [4.78, 5) is 11.1. The van der Waals surface area contributed by atoms with Crippen molar-refractivity contribution in [1.29, 1.82) is 0 Å². The fraction of sp³-hybridized carbons (Fsp3) is 0.600. The Balaban J connectivity index is 0.00000441. The smallest absolute Gasteiger partial charge is 0.193 e. The fourth-order valence-electron chi connectivity index (χ4n) is 1.74. The number of hydrogen-bond acceptors (Lipinski definition) is 4. The Labute approximate surface area is 159 Å². The number of unbranched alkanes of at least 4 members (excludes halogenated alkanes) is 1. The summed E-state index contributed by atoms with van der Waals surface area (Å²) in [6.45, 7) is 8.62. The summed E-state index contributed by atoms with van der Waals surface area (Å²) < 4.78 is 1.15. The first kappa shape index (κ1) is 21.7. The van der Waals surface area contributed by atoms with Gasteiger partial charge in [0.15, 0.2) is 5.96 Å². The molecule has 0 bridgehead atoms. The van der Waals surface area contributed by atoms with Crippen molar-refractivity contribution in [1.82, 2.24) is 15.2 Å². The van der Waals surface area contributed by atoms with Crippen LogP contribution in [0, 0.1) is 0 Å². The number of aromatic nitrogens is 1. The van der Waals surface area contributed by atoms with Crippen molar-refractivity contribution < 1.29 is 0 Å². The van der Waals surface area contributed by atoms with Crippen molar-refractivity contribution in [2.75, 3.05) is 32.4 Å². The van der Waals surface area contributed by atoms with Gasteiger partial charge in [0.2, 0.25) is 0 Å². The van der Waals surface area contributed by atoms with Gasteiger partial charge in [-0.25, -0.2) is 4.98 Å². The molecule has 1 heterocycles. The van der Waals surface area contributed by atoms with Crippen molar-refractivity contribution in [3.63, 3.8) is 0 Å². The number of nitrogens with zero attached hydrogens (tertiary/aromatic N) is 3. The Morgan fingerprint density at radius 3 is 3.00 bits per heavy atom. The third-order valence-corrected chi connectivity index (χ3v) is 4.85. The van der Waals surface area contributed by atoms with Crippen molar-refractivity contribution in [2.24, 2.45) is 4.99 Å². The van der Waals surface area contributed by atoms with E-state index >= 15 is 0 Å². The van der Waals surface area contributed by atoms with Crippen LogP contribution in [0.1, 0.15) is 26.2 Å². The number of halogens is 1.